The van der Waals surface area contributed by atoms with Gasteiger partial charge in [0, 0.05) is 13.2 Å². The number of aliphatic hydroxyl groups excluding tert-OH is 1. The summed E-state index contributed by atoms with van der Waals surface area (Å²) in [6, 6.07) is 1.93. The normalized spacial score (nSPS) is 27.9. The number of aromatic nitrogens is 2. The Morgan fingerprint density at radius 3 is 3.00 bits per heavy atom. The molecule has 1 heterocycles. The van der Waals surface area contributed by atoms with Gasteiger partial charge in [0.25, 0.3) is 0 Å². The topological polar surface area (TPSA) is 38.1 Å². The molecule has 16 heavy (non-hydrogen) atoms. The first-order valence-corrected chi connectivity index (χ1v) is 6.38. The average molecular weight is 222 g/mol. The first-order chi connectivity index (χ1) is 7.72. The van der Waals surface area contributed by atoms with Crippen LogP contribution in [-0.4, -0.2) is 14.9 Å². The molecule has 1 fully saturated rings. The molecule has 1 saturated carbocycles. The molecule has 3 unspecified atom stereocenters. The molecule has 1 N–H and O–H groups in total. The number of rotatable bonds is 3. The largest absolute Gasteiger partial charge is 0.387 e. The first-order valence-electron chi connectivity index (χ1n) is 6.38. The van der Waals surface area contributed by atoms with Gasteiger partial charge in [0.15, 0.2) is 0 Å². The van der Waals surface area contributed by atoms with E-state index in [4.69, 9.17) is 0 Å². The van der Waals surface area contributed by atoms with Crippen LogP contribution in [0.1, 0.15) is 50.8 Å². The standard InChI is InChI=1S/C13H22N2O/c1-3-10-5-4-6-11(9-10)13(16)12-7-8-14-15(12)2/h7-8,10-11,13,16H,3-6,9H2,1-2H3. The summed E-state index contributed by atoms with van der Waals surface area (Å²) in [4.78, 5) is 0. The van der Waals surface area contributed by atoms with Gasteiger partial charge >= 0.3 is 0 Å². The third-order valence-electron chi connectivity index (χ3n) is 4.01. The quantitative estimate of drug-likeness (QED) is 0.853. The van der Waals surface area contributed by atoms with Crippen LogP contribution in [0.25, 0.3) is 0 Å². The van der Waals surface area contributed by atoms with E-state index >= 15 is 0 Å². The minimum Gasteiger partial charge on any atom is -0.387 e. The van der Waals surface area contributed by atoms with E-state index in [0.29, 0.717) is 5.92 Å². The summed E-state index contributed by atoms with van der Waals surface area (Å²) >= 11 is 0. The number of aliphatic hydroxyl groups is 1. The highest BCUT2D eigenvalue weighted by molar-refractivity contribution is 5.05. The maximum Gasteiger partial charge on any atom is 0.0984 e. The molecule has 0 radical (unpaired) electrons. The maximum atomic E-state index is 10.4. The van der Waals surface area contributed by atoms with Crippen molar-refractivity contribution in [3.8, 4) is 0 Å². The summed E-state index contributed by atoms with van der Waals surface area (Å²) in [7, 11) is 1.90. The number of nitrogens with zero attached hydrogens (tertiary/aromatic N) is 2. The van der Waals surface area contributed by atoms with Gasteiger partial charge in [0.1, 0.15) is 0 Å². The summed E-state index contributed by atoms with van der Waals surface area (Å²) < 4.78 is 1.79. The lowest BCUT2D eigenvalue weighted by Crippen LogP contribution is -2.22. The minimum absolute atomic E-state index is 0.332. The SMILES string of the molecule is CCC1CCCC(C(O)c2ccnn2C)C1. The molecule has 2 rings (SSSR count). The Balaban J connectivity index is 2.04. The third kappa shape index (κ3) is 2.29. The molecule has 1 aromatic heterocycles. The van der Waals surface area contributed by atoms with E-state index in [9.17, 15) is 5.11 Å². The van der Waals surface area contributed by atoms with E-state index in [1.807, 2.05) is 13.1 Å². The van der Waals surface area contributed by atoms with Crippen molar-refractivity contribution in [2.75, 3.05) is 0 Å². The number of hydrogen-bond acceptors (Lipinski definition) is 2. The van der Waals surface area contributed by atoms with Crippen molar-refractivity contribution in [1.82, 2.24) is 9.78 Å². The van der Waals surface area contributed by atoms with E-state index < -0.39 is 0 Å². The molecule has 90 valence electrons. The molecule has 3 nitrogen and oxygen atoms in total. The van der Waals surface area contributed by atoms with Crippen LogP contribution in [-0.2, 0) is 7.05 Å². The van der Waals surface area contributed by atoms with Gasteiger partial charge in [0.05, 0.1) is 11.8 Å². The lowest BCUT2D eigenvalue weighted by atomic mass is 9.77. The molecule has 0 bridgehead atoms. The zero-order valence-corrected chi connectivity index (χ0v) is 10.3. The molecule has 3 heteroatoms. The van der Waals surface area contributed by atoms with E-state index in [-0.39, 0.29) is 6.10 Å². The lowest BCUT2D eigenvalue weighted by Gasteiger charge is -2.31. The van der Waals surface area contributed by atoms with E-state index in [1.165, 1.54) is 25.7 Å². The lowest BCUT2D eigenvalue weighted by molar-refractivity contribution is 0.0615. The van der Waals surface area contributed by atoms with E-state index in [1.54, 1.807) is 10.9 Å². The van der Waals surface area contributed by atoms with E-state index in [0.717, 1.165) is 18.0 Å². The van der Waals surface area contributed by atoms with Crippen molar-refractivity contribution >= 4 is 0 Å². The van der Waals surface area contributed by atoms with Crippen LogP contribution in [0.4, 0.5) is 0 Å². The third-order valence-corrected chi connectivity index (χ3v) is 4.01. The molecule has 0 saturated heterocycles. The van der Waals surface area contributed by atoms with Crippen LogP contribution < -0.4 is 0 Å². The fourth-order valence-corrected chi connectivity index (χ4v) is 2.91. The predicted octanol–water partition coefficient (Wildman–Crippen LogP) is 2.67. The van der Waals surface area contributed by atoms with Crippen molar-refractivity contribution < 1.29 is 5.11 Å². The van der Waals surface area contributed by atoms with Crippen LogP contribution in [0, 0.1) is 11.8 Å². The van der Waals surface area contributed by atoms with Crippen molar-refractivity contribution in [1.29, 1.82) is 0 Å². The fourth-order valence-electron chi connectivity index (χ4n) is 2.91. The van der Waals surface area contributed by atoms with Crippen molar-refractivity contribution in [2.45, 2.75) is 45.1 Å². The zero-order chi connectivity index (χ0) is 11.5. The highest BCUT2D eigenvalue weighted by Crippen LogP contribution is 2.38. The van der Waals surface area contributed by atoms with Crippen LogP contribution in [0.2, 0.25) is 0 Å². The molecular weight excluding hydrogens is 200 g/mol. The van der Waals surface area contributed by atoms with Gasteiger partial charge in [-0.3, -0.25) is 4.68 Å². The molecular formula is C13H22N2O. The van der Waals surface area contributed by atoms with Crippen LogP contribution in [0.3, 0.4) is 0 Å². The Morgan fingerprint density at radius 1 is 1.56 bits per heavy atom. The van der Waals surface area contributed by atoms with Gasteiger partial charge in [-0.15, -0.1) is 0 Å². The zero-order valence-electron chi connectivity index (χ0n) is 10.3. The van der Waals surface area contributed by atoms with Gasteiger partial charge in [-0.05, 0) is 30.7 Å². The maximum absolute atomic E-state index is 10.4. The molecule has 0 aliphatic heterocycles. The molecule has 1 aliphatic carbocycles. The molecule has 1 aliphatic rings. The second-order valence-corrected chi connectivity index (χ2v) is 5.03. The second kappa shape index (κ2) is 5.00. The van der Waals surface area contributed by atoms with Crippen molar-refractivity contribution in [3.63, 3.8) is 0 Å². The number of aryl methyl sites for hydroxylation is 1. The average Bonchev–Trinajstić information content (AvgIpc) is 2.74. The minimum atomic E-state index is -0.332. The summed E-state index contributed by atoms with van der Waals surface area (Å²) in [5.41, 5.74) is 0.960. The van der Waals surface area contributed by atoms with Crippen LogP contribution >= 0.6 is 0 Å². The molecule has 1 aromatic rings. The van der Waals surface area contributed by atoms with Gasteiger partial charge < -0.3 is 5.11 Å². The van der Waals surface area contributed by atoms with Gasteiger partial charge in [0.2, 0.25) is 0 Å². The summed E-state index contributed by atoms with van der Waals surface area (Å²) in [6.07, 6.45) is 7.60. The van der Waals surface area contributed by atoms with E-state index in [2.05, 4.69) is 12.0 Å². The first kappa shape index (κ1) is 11.6. The summed E-state index contributed by atoms with van der Waals surface area (Å²) in [5.74, 6) is 1.23. The van der Waals surface area contributed by atoms with Crippen molar-refractivity contribution in [2.24, 2.45) is 18.9 Å². The monoisotopic (exact) mass is 222 g/mol. The highest BCUT2D eigenvalue weighted by Gasteiger charge is 2.28. The van der Waals surface area contributed by atoms with Gasteiger partial charge in [-0.1, -0.05) is 26.2 Å². The van der Waals surface area contributed by atoms with Crippen LogP contribution in [0.5, 0.6) is 0 Å². The Labute approximate surface area is 97.5 Å². The van der Waals surface area contributed by atoms with Gasteiger partial charge in [-0.25, -0.2) is 0 Å². The molecule has 0 amide bonds. The molecule has 0 spiro atoms. The van der Waals surface area contributed by atoms with Gasteiger partial charge in [-0.2, -0.15) is 5.10 Å². The molecule has 3 atom stereocenters. The smallest absolute Gasteiger partial charge is 0.0984 e. The molecule has 0 aromatic carbocycles. The fraction of sp³-hybridized carbons (Fsp3) is 0.769. The highest BCUT2D eigenvalue weighted by atomic mass is 16.3. The summed E-state index contributed by atoms with van der Waals surface area (Å²) in [5, 5.41) is 14.5. The second-order valence-electron chi connectivity index (χ2n) is 5.03. The predicted molar refractivity (Wildman–Crippen MR) is 63.9 cm³/mol. The Bertz CT molecular complexity index is 334. The number of hydrogen-bond donors (Lipinski definition) is 1. The Kier molecular flexibility index (Phi) is 3.64. The van der Waals surface area contributed by atoms with Crippen molar-refractivity contribution in [3.05, 3.63) is 18.0 Å². The Hall–Kier alpha value is -0.830. The van der Waals surface area contributed by atoms with Crippen LogP contribution in [0.15, 0.2) is 12.3 Å². The Morgan fingerprint density at radius 2 is 2.38 bits per heavy atom. The summed E-state index contributed by atoms with van der Waals surface area (Å²) in [6.45, 7) is 2.25.